The van der Waals surface area contributed by atoms with E-state index in [1.165, 1.54) is 0 Å². The average molecular weight is 169 g/mol. The van der Waals surface area contributed by atoms with Gasteiger partial charge in [0.25, 0.3) is 0 Å². The highest BCUT2D eigenvalue weighted by molar-refractivity contribution is 5.03. The minimum absolute atomic E-state index is 0.155. The second-order valence-electron chi connectivity index (χ2n) is 3.01. The molecule has 0 radical (unpaired) electrons. The van der Waals surface area contributed by atoms with Crippen molar-refractivity contribution in [2.75, 3.05) is 20.6 Å². The second kappa shape index (κ2) is 3.69. The van der Waals surface area contributed by atoms with E-state index in [4.69, 9.17) is 10.2 Å². The monoisotopic (exact) mass is 169 g/mol. The highest BCUT2D eigenvalue weighted by Crippen LogP contribution is 2.15. The summed E-state index contributed by atoms with van der Waals surface area (Å²) in [6.07, 6.45) is 1.66. The van der Waals surface area contributed by atoms with E-state index in [0.29, 0.717) is 12.4 Å². The molecule has 0 saturated carbocycles. The van der Waals surface area contributed by atoms with Gasteiger partial charge in [0.2, 0.25) is 0 Å². The molecule has 4 nitrogen and oxygen atoms in total. The van der Waals surface area contributed by atoms with Gasteiger partial charge in [-0.3, -0.25) is 4.90 Å². The number of aromatic nitrogens is 1. The molecule has 0 fully saturated rings. The van der Waals surface area contributed by atoms with Gasteiger partial charge in [0.15, 0.2) is 5.89 Å². The zero-order valence-corrected chi connectivity index (χ0v) is 7.74. The lowest BCUT2D eigenvalue weighted by Gasteiger charge is -2.19. The third kappa shape index (κ3) is 1.84. The summed E-state index contributed by atoms with van der Waals surface area (Å²) in [5.41, 5.74) is 6.49. The van der Waals surface area contributed by atoms with Crippen molar-refractivity contribution in [2.45, 2.75) is 13.0 Å². The maximum Gasteiger partial charge on any atom is 0.191 e. The first-order valence-corrected chi connectivity index (χ1v) is 3.93. The van der Waals surface area contributed by atoms with Crippen LogP contribution in [0.1, 0.15) is 17.6 Å². The molecule has 1 aromatic rings. The van der Waals surface area contributed by atoms with Crippen LogP contribution in [0, 0.1) is 6.92 Å². The Labute approximate surface area is 72.4 Å². The van der Waals surface area contributed by atoms with Gasteiger partial charge in [0.1, 0.15) is 6.26 Å². The smallest absolute Gasteiger partial charge is 0.191 e. The van der Waals surface area contributed by atoms with Crippen molar-refractivity contribution in [1.29, 1.82) is 0 Å². The fourth-order valence-electron chi connectivity index (χ4n) is 1.13. The first kappa shape index (κ1) is 9.22. The molecule has 0 aliphatic carbocycles. The van der Waals surface area contributed by atoms with E-state index in [2.05, 4.69) is 4.98 Å². The van der Waals surface area contributed by atoms with Crippen LogP contribution < -0.4 is 5.73 Å². The molecule has 2 N–H and O–H groups in total. The number of hydrogen-bond acceptors (Lipinski definition) is 4. The number of aryl methyl sites for hydroxylation is 1. The molecular formula is C8H15N3O. The Kier molecular flexibility index (Phi) is 2.83. The summed E-state index contributed by atoms with van der Waals surface area (Å²) in [4.78, 5) is 6.24. The lowest BCUT2D eigenvalue weighted by molar-refractivity contribution is 0.300. The molecule has 0 bridgehead atoms. The second-order valence-corrected chi connectivity index (χ2v) is 3.01. The summed E-state index contributed by atoms with van der Waals surface area (Å²) in [7, 11) is 3.95. The zero-order valence-electron chi connectivity index (χ0n) is 7.74. The Morgan fingerprint density at radius 2 is 2.33 bits per heavy atom. The van der Waals surface area contributed by atoms with Crippen LogP contribution in [0.3, 0.4) is 0 Å². The SMILES string of the molecule is Cc1nc(C(CN)N(C)C)co1. The molecule has 1 heterocycles. The molecule has 1 atom stereocenters. The first-order valence-electron chi connectivity index (χ1n) is 3.93. The number of nitrogens with two attached hydrogens (primary N) is 1. The normalized spacial score (nSPS) is 13.8. The molecule has 0 amide bonds. The number of hydrogen-bond donors (Lipinski definition) is 1. The highest BCUT2D eigenvalue weighted by atomic mass is 16.3. The fraction of sp³-hybridized carbons (Fsp3) is 0.625. The van der Waals surface area contributed by atoms with E-state index < -0.39 is 0 Å². The maximum atomic E-state index is 5.59. The van der Waals surface area contributed by atoms with Gasteiger partial charge in [-0.1, -0.05) is 0 Å². The van der Waals surface area contributed by atoms with Gasteiger partial charge in [0.05, 0.1) is 11.7 Å². The number of nitrogens with zero attached hydrogens (tertiary/aromatic N) is 2. The van der Waals surface area contributed by atoms with Crippen molar-refractivity contribution < 1.29 is 4.42 Å². The van der Waals surface area contributed by atoms with E-state index >= 15 is 0 Å². The van der Waals surface area contributed by atoms with Crippen LogP contribution in [0.25, 0.3) is 0 Å². The highest BCUT2D eigenvalue weighted by Gasteiger charge is 2.15. The summed E-state index contributed by atoms with van der Waals surface area (Å²) >= 11 is 0. The standard InChI is InChI=1S/C8H15N3O/c1-6-10-7(5-12-6)8(4-9)11(2)3/h5,8H,4,9H2,1-3H3. The third-order valence-electron chi connectivity index (χ3n) is 1.82. The van der Waals surface area contributed by atoms with Crippen LogP contribution in [-0.4, -0.2) is 30.5 Å². The van der Waals surface area contributed by atoms with Gasteiger partial charge in [-0.25, -0.2) is 4.98 Å². The van der Waals surface area contributed by atoms with E-state index in [9.17, 15) is 0 Å². The Bertz CT molecular complexity index is 244. The lowest BCUT2D eigenvalue weighted by atomic mass is 10.2. The molecule has 4 heteroatoms. The molecule has 12 heavy (non-hydrogen) atoms. The molecule has 0 saturated heterocycles. The summed E-state index contributed by atoms with van der Waals surface area (Å²) < 4.78 is 5.10. The van der Waals surface area contributed by atoms with Crippen molar-refractivity contribution in [3.8, 4) is 0 Å². The van der Waals surface area contributed by atoms with Gasteiger partial charge < -0.3 is 10.2 Å². The number of oxazole rings is 1. The summed E-state index contributed by atoms with van der Waals surface area (Å²) in [6.45, 7) is 2.38. The Morgan fingerprint density at radius 1 is 1.67 bits per heavy atom. The van der Waals surface area contributed by atoms with Gasteiger partial charge in [-0.15, -0.1) is 0 Å². The van der Waals surface area contributed by atoms with E-state index in [1.54, 1.807) is 6.26 Å². The molecule has 1 unspecified atom stereocenters. The van der Waals surface area contributed by atoms with Crippen molar-refractivity contribution in [1.82, 2.24) is 9.88 Å². The molecular weight excluding hydrogens is 154 g/mol. The largest absolute Gasteiger partial charge is 0.449 e. The third-order valence-corrected chi connectivity index (χ3v) is 1.82. The summed E-state index contributed by atoms with van der Waals surface area (Å²) in [5.74, 6) is 0.685. The number of likely N-dealkylation sites (N-methyl/N-ethyl adjacent to an activating group) is 1. The van der Waals surface area contributed by atoms with Crippen molar-refractivity contribution >= 4 is 0 Å². The van der Waals surface area contributed by atoms with E-state index in [0.717, 1.165) is 5.69 Å². The molecule has 0 spiro atoms. The van der Waals surface area contributed by atoms with E-state index in [1.807, 2.05) is 25.9 Å². The molecule has 0 aromatic carbocycles. The van der Waals surface area contributed by atoms with Crippen LogP contribution >= 0.6 is 0 Å². The average Bonchev–Trinajstić information content (AvgIpc) is 2.37. The minimum atomic E-state index is 0.155. The molecule has 68 valence electrons. The molecule has 1 aromatic heterocycles. The molecule has 0 aliphatic rings. The lowest BCUT2D eigenvalue weighted by Crippen LogP contribution is -2.27. The fourth-order valence-corrected chi connectivity index (χ4v) is 1.13. The molecule has 0 aliphatic heterocycles. The van der Waals surface area contributed by atoms with Crippen LogP contribution in [0.5, 0.6) is 0 Å². The van der Waals surface area contributed by atoms with Crippen LogP contribution in [0.2, 0.25) is 0 Å². The Balaban J connectivity index is 2.80. The zero-order chi connectivity index (χ0) is 9.14. The topological polar surface area (TPSA) is 55.3 Å². The van der Waals surface area contributed by atoms with Gasteiger partial charge in [-0.05, 0) is 14.1 Å². The van der Waals surface area contributed by atoms with Gasteiger partial charge >= 0.3 is 0 Å². The maximum absolute atomic E-state index is 5.59. The van der Waals surface area contributed by atoms with Crippen LogP contribution in [0.4, 0.5) is 0 Å². The van der Waals surface area contributed by atoms with E-state index in [-0.39, 0.29) is 6.04 Å². The first-order chi connectivity index (χ1) is 5.65. The van der Waals surface area contributed by atoms with Crippen molar-refractivity contribution in [3.05, 3.63) is 17.8 Å². The minimum Gasteiger partial charge on any atom is -0.449 e. The quantitative estimate of drug-likeness (QED) is 0.717. The van der Waals surface area contributed by atoms with Crippen LogP contribution in [-0.2, 0) is 0 Å². The van der Waals surface area contributed by atoms with Crippen LogP contribution in [0.15, 0.2) is 10.7 Å². The van der Waals surface area contributed by atoms with Gasteiger partial charge in [0, 0.05) is 13.5 Å². The summed E-state index contributed by atoms with van der Waals surface area (Å²) in [5, 5.41) is 0. The predicted molar refractivity (Wildman–Crippen MR) is 46.7 cm³/mol. The van der Waals surface area contributed by atoms with Gasteiger partial charge in [-0.2, -0.15) is 0 Å². The Morgan fingerprint density at radius 3 is 2.67 bits per heavy atom. The molecule has 1 rings (SSSR count). The van der Waals surface area contributed by atoms with Crippen molar-refractivity contribution in [3.63, 3.8) is 0 Å². The predicted octanol–water partition coefficient (Wildman–Crippen LogP) is 0.544. The number of rotatable bonds is 3. The summed E-state index contributed by atoms with van der Waals surface area (Å²) in [6, 6.07) is 0.155. The van der Waals surface area contributed by atoms with Crippen molar-refractivity contribution in [2.24, 2.45) is 5.73 Å². The Hall–Kier alpha value is -0.870.